The van der Waals surface area contributed by atoms with Crippen molar-refractivity contribution in [3.63, 3.8) is 0 Å². The Morgan fingerprint density at radius 2 is 1.75 bits per heavy atom. The number of aromatic nitrogens is 2. The maximum Gasteiger partial charge on any atom is 0.309 e. The van der Waals surface area contributed by atoms with Crippen LogP contribution in [0.25, 0.3) is 0 Å². The molecule has 0 aliphatic carbocycles. The van der Waals surface area contributed by atoms with Gasteiger partial charge in [0.15, 0.2) is 6.10 Å². The second kappa shape index (κ2) is 10.0. The highest BCUT2D eigenvalue weighted by molar-refractivity contribution is 7.89. The summed E-state index contributed by atoms with van der Waals surface area (Å²) in [5, 5.41) is 7.32. The number of hydrogen-bond donors (Lipinski definition) is 1. The van der Waals surface area contributed by atoms with Crippen molar-refractivity contribution in [2.75, 3.05) is 18.4 Å². The molecule has 9 nitrogen and oxygen atoms in total. The van der Waals surface area contributed by atoms with Gasteiger partial charge in [-0.2, -0.15) is 9.40 Å². The van der Waals surface area contributed by atoms with E-state index in [0.29, 0.717) is 23.7 Å². The Morgan fingerprint density at radius 1 is 1.12 bits per heavy atom. The van der Waals surface area contributed by atoms with Gasteiger partial charge in [-0.1, -0.05) is 11.6 Å². The molecule has 1 saturated heterocycles. The van der Waals surface area contributed by atoms with E-state index >= 15 is 0 Å². The number of esters is 1. The minimum absolute atomic E-state index is 0.0625. The van der Waals surface area contributed by atoms with Crippen molar-refractivity contribution in [2.45, 2.75) is 50.7 Å². The van der Waals surface area contributed by atoms with Gasteiger partial charge in [0, 0.05) is 30.2 Å². The predicted molar refractivity (Wildman–Crippen MR) is 120 cm³/mol. The van der Waals surface area contributed by atoms with E-state index in [9.17, 15) is 18.0 Å². The molecule has 11 heteroatoms. The van der Waals surface area contributed by atoms with Gasteiger partial charge in [0.25, 0.3) is 5.91 Å². The molecular weight excluding hydrogens is 456 g/mol. The molecule has 1 aromatic heterocycles. The number of carbonyl (C=O) groups excluding carboxylic acids is 2. The van der Waals surface area contributed by atoms with E-state index in [0.717, 1.165) is 0 Å². The van der Waals surface area contributed by atoms with Crippen molar-refractivity contribution in [3.05, 3.63) is 41.6 Å². The molecule has 2 heterocycles. The van der Waals surface area contributed by atoms with Crippen molar-refractivity contribution in [1.29, 1.82) is 0 Å². The fourth-order valence-electron chi connectivity index (χ4n) is 3.46. The van der Waals surface area contributed by atoms with Crippen LogP contribution < -0.4 is 5.32 Å². The molecule has 0 spiro atoms. The number of carbonyl (C=O) groups is 2. The number of hydrogen-bond acceptors (Lipinski definition) is 6. The second-order valence-electron chi connectivity index (χ2n) is 7.96. The summed E-state index contributed by atoms with van der Waals surface area (Å²) in [5.41, 5.74) is 0. The zero-order chi connectivity index (χ0) is 23.5. The van der Waals surface area contributed by atoms with Crippen LogP contribution in [0.5, 0.6) is 0 Å². The van der Waals surface area contributed by atoms with Crippen LogP contribution in [0.1, 0.15) is 39.7 Å². The van der Waals surface area contributed by atoms with Gasteiger partial charge in [-0.25, -0.2) is 13.1 Å². The first-order valence-corrected chi connectivity index (χ1v) is 12.2. The molecule has 1 aliphatic heterocycles. The number of sulfonamides is 1. The first kappa shape index (κ1) is 24.2. The lowest BCUT2D eigenvalue weighted by Gasteiger charge is -2.30. The third-order valence-electron chi connectivity index (χ3n) is 5.31. The normalized spacial score (nSPS) is 16.7. The highest BCUT2D eigenvalue weighted by Gasteiger charge is 2.34. The number of ether oxygens (including phenoxy) is 1. The molecule has 0 saturated carbocycles. The Morgan fingerprint density at radius 3 is 2.34 bits per heavy atom. The number of anilines is 1. The predicted octanol–water partition coefficient (Wildman–Crippen LogP) is 3.09. The summed E-state index contributed by atoms with van der Waals surface area (Å²) in [6, 6.07) is 7.71. The first-order valence-electron chi connectivity index (χ1n) is 10.4. The largest absolute Gasteiger partial charge is 0.452 e. The summed E-state index contributed by atoms with van der Waals surface area (Å²) in [6.07, 6.45) is 1.23. The van der Waals surface area contributed by atoms with Gasteiger partial charge in [0.05, 0.1) is 17.0 Å². The number of benzene rings is 1. The molecule has 0 unspecified atom stereocenters. The van der Waals surface area contributed by atoms with Crippen LogP contribution in [0.4, 0.5) is 5.82 Å². The average molecular weight is 483 g/mol. The van der Waals surface area contributed by atoms with Gasteiger partial charge < -0.3 is 10.1 Å². The molecule has 32 heavy (non-hydrogen) atoms. The van der Waals surface area contributed by atoms with Crippen molar-refractivity contribution in [3.8, 4) is 0 Å². The van der Waals surface area contributed by atoms with E-state index < -0.39 is 33.9 Å². The van der Waals surface area contributed by atoms with Gasteiger partial charge >= 0.3 is 5.97 Å². The summed E-state index contributed by atoms with van der Waals surface area (Å²) in [6.45, 7) is 5.76. The minimum Gasteiger partial charge on any atom is -0.452 e. The standard InChI is InChI=1S/C21H27ClN4O5S/c1-14(2)26-19(8-11-23-26)24-20(27)15(3)31-21(28)16-9-12-25(13-10-16)32(29,30)18-6-4-17(22)5-7-18/h4-8,11,14-16H,9-10,12-13H2,1-3H3,(H,24,27)/t15-/m1/s1. The zero-order valence-electron chi connectivity index (χ0n) is 18.2. The van der Waals surface area contributed by atoms with Gasteiger partial charge in [-0.15, -0.1) is 0 Å². The van der Waals surface area contributed by atoms with Crippen molar-refractivity contribution >= 4 is 39.3 Å². The van der Waals surface area contributed by atoms with Crippen LogP contribution in [-0.4, -0.2) is 53.6 Å². The summed E-state index contributed by atoms with van der Waals surface area (Å²) in [7, 11) is -3.65. The van der Waals surface area contributed by atoms with Gasteiger partial charge in [0.1, 0.15) is 5.82 Å². The van der Waals surface area contributed by atoms with Gasteiger partial charge in [0.2, 0.25) is 10.0 Å². The van der Waals surface area contributed by atoms with Crippen LogP contribution in [0, 0.1) is 5.92 Å². The second-order valence-corrected chi connectivity index (χ2v) is 10.3. The maximum atomic E-state index is 12.8. The van der Waals surface area contributed by atoms with E-state index in [2.05, 4.69) is 10.4 Å². The Balaban J connectivity index is 1.53. The van der Waals surface area contributed by atoms with Crippen LogP contribution >= 0.6 is 11.6 Å². The van der Waals surface area contributed by atoms with E-state index in [1.807, 2.05) is 13.8 Å². The summed E-state index contributed by atoms with van der Waals surface area (Å²) >= 11 is 5.83. The number of halogens is 1. The van der Waals surface area contributed by atoms with Crippen molar-refractivity contribution in [1.82, 2.24) is 14.1 Å². The number of rotatable bonds is 7. The van der Waals surface area contributed by atoms with Gasteiger partial charge in [-0.3, -0.25) is 9.59 Å². The Bertz CT molecular complexity index is 1060. The van der Waals surface area contributed by atoms with E-state index in [1.54, 1.807) is 16.9 Å². The van der Waals surface area contributed by atoms with Crippen LogP contribution in [0.2, 0.25) is 5.02 Å². The van der Waals surface area contributed by atoms with Crippen LogP contribution in [-0.2, 0) is 24.3 Å². The monoisotopic (exact) mass is 482 g/mol. The molecule has 1 aromatic carbocycles. The number of amides is 1. The van der Waals surface area contributed by atoms with Crippen molar-refractivity contribution < 1.29 is 22.7 Å². The fraction of sp³-hybridized carbons (Fsp3) is 0.476. The van der Waals surface area contributed by atoms with Crippen LogP contribution in [0.3, 0.4) is 0 Å². The van der Waals surface area contributed by atoms with E-state index in [-0.39, 0.29) is 24.0 Å². The molecule has 174 valence electrons. The van der Waals surface area contributed by atoms with E-state index in [4.69, 9.17) is 16.3 Å². The molecule has 1 N–H and O–H groups in total. The Kier molecular flexibility index (Phi) is 7.58. The third kappa shape index (κ3) is 5.48. The SMILES string of the molecule is CC(C)n1nccc1NC(=O)[C@@H](C)OC(=O)C1CCN(S(=O)(=O)c2ccc(Cl)cc2)CC1. The Hall–Kier alpha value is -2.43. The van der Waals surface area contributed by atoms with Gasteiger partial charge in [-0.05, 0) is 57.9 Å². The molecular formula is C21H27ClN4O5S. The highest BCUT2D eigenvalue weighted by Crippen LogP contribution is 2.26. The average Bonchev–Trinajstić information content (AvgIpc) is 3.22. The number of nitrogens with zero attached hydrogens (tertiary/aromatic N) is 3. The van der Waals surface area contributed by atoms with Crippen LogP contribution in [0.15, 0.2) is 41.4 Å². The molecule has 2 aromatic rings. The molecule has 0 radical (unpaired) electrons. The highest BCUT2D eigenvalue weighted by atomic mass is 35.5. The molecule has 1 aliphatic rings. The minimum atomic E-state index is -3.65. The summed E-state index contributed by atoms with van der Waals surface area (Å²) in [5.74, 6) is -0.909. The topological polar surface area (TPSA) is 111 Å². The zero-order valence-corrected chi connectivity index (χ0v) is 19.8. The maximum absolute atomic E-state index is 12.8. The van der Waals surface area contributed by atoms with Crippen molar-refractivity contribution in [2.24, 2.45) is 5.92 Å². The fourth-order valence-corrected chi connectivity index (χ4v) is 5.06. The molecule has 0 bridgehead atoms. The molecule has 1 fully saturated rings. The van der Waals surface area contributed by atoms with E-state index in [1.165, 1.54) is 35.5 Å². The lowest BCUT2D eigenvalue weighted by Crippen LogP contribution is -2.41. The third-order valence-corrected chi connectivity index (χ3v) is 7.48. The molecule has 1 atom stereocenters. The quantitative estimate of drug-likeness (QED) is 0.607. The summed E-state index contributed by atoms with van der Waals surface area (Å²) < 4.78 is 33.9. The lowest BCUT2D eigenvalue weighted by atomic mass is 9.98. The number of nitrogens with one attached hydrogen (secondary N) is 1. The smallest absolute Gasteiger partial charge is 0.309 e. The first-order chi connectivity index (χ1) is 15.1. The molecule has 3 rings (SSSR count). The summed E-state index contributed by atoms with van der Waals surface area (Å²) in [4.78, 5) is 25.2. The molecule has 1 amide bonds. The Labute approximate surface area is 192 Å². The lowest BCUT2D eigenvalue weighted by molar-refractivity contribution is -0.158. The number of piperidine rings is 1.